The Balaban J connectivity index is 1.43. The Labute approximate surface area is 181 Å². The van der Waals surface area contributed by atoms with Crippen LogP contribution in [0, 0.1) is 0 Å². The number of para-hydroxylation sites is 1. The number of carbonyl (C=O) groups excluding carboxylic acids is 1. The highest BCUT2D eigenvalue weighted by molar-refractivity contribution is 7.80. The Bertz CT molecular complexity index is 1200. The molecule has 0 saturated heterocycles. The number of fused-ring (bicyclic) bond motifs is 1. The number of carbonyl (C=O) groups is 1. The second-order valence-electron chi connectivity index (χ2n) is 6.16. The molecule has 0 radical (unpaired) electrons. The first-order valence-corrected chi connectivity index (χ1v) is 10.1. The topological polar surface area (TPSA) is 85.6 Å². The summed E-state index contributed by atoms with van der Waals surface area (Å²) in [5.74, 6) is 1.02. The van der Waals surface area contributed by atoms with Gasteiger partial charge in [0.2, 0.25) is 0 Å². The van der Waals surface area contributed by atoms with Gasteiger partial charge in [-0.25, -0.2) is 4.98 Å². The fraction of sp³-hybridized carbons (Fsp3) is 0.0952. The largest absolute Gasteiger partial charge is 0.493 e. The first-order chi connectivity index (χ1) is 14.6. The molecule has 0 bridgehead atoms. The van der Waals surface area contributed by atoms with Crippen LogP contribution in [-0.2, 0) is 0 Å². The molecule has 0 aliphatic rings. The molecule has 4 rings (SSSR count). The highest BCUT2D eigenvalue weighted by Gasteiger charge is 2.15. The number of nitrogens with one attached hydrogen (secondary N) is 2. The summed E-state index contributed by atoms with van der Waals surface area (Å²) < 4.78 is 16.1. The van der Waals surface area contributed by atoms with Crippen LogP contribution in [0.5, 0.6) is 11.5 Å². The third-order valence-electron chi connectivity index (χ3n) is 4.28. The fourth-order valence-corrected chi connectivity index (χ4v) is 3.82. The number of anilines is 1. The summed E-state index contributed by atoms with van der Waals surface area (Å²) in [6.07, 6.45) is 0. The molecule has 1 amide bonds. The molecular formula is C21H17N3O4S2. The van der Waals surface area contributed by atoms with Crippen molar-refractivity contribution in [3.05, 3.63) is 59.7 Å². The zero-order valence-electron chi connectivity index (χ0n) is 16.1. The van der Waals surface area contributed by atoms with Crippen molar-refractivity contribution in [2.24, 2.45) is 0 Å². The average molecular weight is 440 g/mol. The number of rotatable bonds is 5. The van der Waals surface area contributed by atoms with Gasteiger partial charge in [-0.15, -0.1) is 11.3 Å². The van der Waals surface area contributed by atoms with Crippen LogP contribution in [0.25, 0.3) is 22.2 Å². The first-order valence-electron chi connectivity index (χ1n) is 8.86. The molecule has 2 heterocycles. The van der Waals surface area contributed by atoms with E-state index in [0.717, 1.165) is 16.6 Å². The molecule has 0 fully saturated rings. The summed E-state index contributed by atoms with van der Waals surface area (Å²) in [6.45, 7) is 0. The summed E-state index contributed by atoms with van der Waals surface area (Å²) in [5, 5.41) is 8.95. The first kappa shape index (κ1) is 19.9. The normalized spacial score (nSPS) is 10.6. The quantitative estimate of drug-likeness (QED) is 0.436. The SMILES string of the molecule is COc1ccc(-c2csc(NC(=S)NC(=O)c3cc4ccccc4o3)n2)cc1OC. The van der Waals surface area contributed by atoms with E-state index in [0.29, 0.717) is 22.2 Å². The average Bonchev–Trinajstić information content (AvgIpc) is 3.40. The lowest BCUT2D eigenvalue weighted by Crippen LogP contribution is -2.33. The van der Waals surface area contributed by atoms with Gasteiger partial charge >= 0.3 is 0 Å². The molecule has 0 aliphatic heterocycles. The summed E-state index contributed by atoms with van der Waals surface area (Å²) in [4.78, 5) is 16.9. The minimum Gasteiger partial charge on any atom is -0.493 e. The molecular weight excluding hydrogens is 422 g/mol. The number of furan rings is 1. The predicted molar refractivity (Wildman–Crippen MR) is 121 cm³/mol. The van der Waals surface area contributed by atoms with Crippen LogP contribution in [0.3, 0.4) is 0 Å². The molecule has 4 aromatic rings. The van der Waals surface area contributed by atoms with E-state index in [-0.39, 0.29) is 10.9 Å². The van der Waals surface area contributed by atoms with Crippen LogP contribution in [0.15, 0.2) is 58.3 Å². The Kier molecular flexibility index (Phi) is 5.64. The zero-order chi connectivity index (χ0) is 21.1. The molecule has 2 aromatic carbocycles. The maximum atomic E-state index is 12.4. The van der Waals surface area contributed by atoms with Gasteiger partial charge in [0.15, 0.2) is 27.5 Å². The van der Waals surface area contributed by atoms with Crippen molar-refractivity contribution >= 4 is 50.7 Å². The second-order valence-corrected chi connectivity index (χ2v) is 7.43. The number of amides is 1. The van der Waals surface area contributed by atoms with Crippen molar-refractivity contribution in [2.75, 3.05) is 19.5 Å². The summed E-state index contributed by atoms with van der Waals surface area (Å²) in [5.41, 5.74) is 2.25. The van der Waals surface area contributed by atoms with E-state index in [4.69, 9.17) is 26.1 Å². The maximum absolute atomic E-state index is 12.4. The summed E-state index contributed by atoms with van der Waals surface area (Å²) in [7, 11) is 3.17. The minimum absolute atomic E-state index is 0.133. The smallest absolute Gasteiger partial charge is 0.293 e. The Hall–Kier alpha value is -3.43. The number of hydrogen-bond acceptors (Lipinski definition) is 7. The lowest BCUT2D eigenvalue weighted by Gasteiger charge is -2.08. The van der Waals surface area contributed by atoms with E-state index in [1.54, 1.807) is 26.4 Å². The zero-order valence-corrected chi connectivity index (χ0v) is 17.7. The van der Waals surface area contributed by atoms with Crippen molar-refractivity contribution in [3.63, 3.8) is 0 Å². The summed E-state index contributed by atoms with van der Waals surface area (Å²) in [6, 6.07) is 14.6. The van der Waals surface area contributed by atoms with Crippen molar-refractivity contribution in [2.45, 2.75) is 0 Å². The highest BCUT2D eigenvalue weighted by Crippen LogP contribution is 2.33. The Morgan fingerprint density at radius 2 is 1.90 bits per heavy atom. The van der Waals surface area contributed by atoms with Gasteiger partial charge in [-0.2, -0.15) is 0 Å². The van der Waals surface area contributed by atoms with Gasteiger partial charge in [0.1, 0.15) is 5.58 Å². The molecule has 7 nitrogen and oxygen atoms in total. The van der Waals surface area contributed by atoms with Crippen molar-refractivity contribution in [1.29, 1.82) is 0 Å². The number of hydrogen-bond donors (Lipinski definition) is 2. The molecule has 2 aromatic heterocycles. The van der Waals surface area contributed by atoms with Crippen LogP contribution in [0.4, 0.5) is 5.13 Å². The molecule has 152 valence electrons. The van der Waals surface area contributed by atoms with Crippen LogP contribution in [-0.4, -0.2) is 30.2 Å². The molecule has 2 N–H and O–H groups in total. The molecule has 0 spiro atoms. The maximum Gasteiger partial charge on any atom is 0.293 e. The van der Waals surface area contributed by atoms with Gasteiger partial charge < -0.3 is 19.2 Å². The minimum atomic E-state index is -0.430. The van der Waals surface area contributed by atoms with Gasteiger partial charge in [-0.1, -0.05) is 18.2 Å². The monoisotopic (exact) mass is 439 g/mol. The van der Waals surface area contributed by atoms with E-state index >= 15 is 0 Å². The van der Waals surface area contributed by atoms with Crippen LogP contribution in [0.2, 0.25) is 0 Å². The lowest BCUT2D eigenvalue weighted by atomic mass is 10.1. The van der Waals surface area contributed by atoms with Crippen LogP contribution >= 0.6 is 23.6 Å². The Morgan fingerprint density at radius 3 is 2.67 bits per heavy atom. The number of nitrogens with zero attached hydrogens (tertiary/aromatic N) is 1. The molecule has 0 atom stereocenters. The fourth-order valence-electron chi connectivity index (χ4n) is 2.85. The van der Waals surface area contributed by atoms with Gasteiger partial charge in [0.25, 0.3) is 5.91 Å². The van der Waals surface area contributed by atoms with E-state index in [1.807, 2.05) is 41.8 Å². The molecule has 0 saturated carbocycles. The van der Waals surface area contributed by atoms with E-state index in [1.165, 1.54) is 11.3 Å². The number of methoxy groups -OCH3 is 2. The van der Waals surface area contributed by atoms with E-state index < -0.39 is 5.91 Å². The van der Waals surface area contributed by atoms with E-state index in [2.05, 4.69) is 15.6 Å². The van der Waals surface area contributed by atoms with Crippen molar-refractivity contribution in [1.82, 2.24) is 10.3 Å². The number of thiazole rings is 1. The summed E-state index contributed by atoms with van der Waals surface area (Å²) >= 11 is 6.60. The molecule has 0 unspecified atom stereocenters. The molecule has 9 heteroatoms. The van der Waals surface area contributed by atoms with Gasteiger partial charge in [-0.3, -0.25) is 10.1 Å². The van der Waals surface area contributed by atoms with Crippen molar-refractivity contribution in [3.8, 4) is 22.8 Å². The van der Waals surface area contributed by atoms with Gasteiger partial charge in [0.05, 0.1) is 19.9 Å². The number of aromatic nitrogens is 1. The third kappa shape index (κ3) is 4.12. The number of benzene rings is 2. The Morgan fingerprint density at radius 1 is 1.10 bits per heavy atom. The number of ether oxygens (including phenoxy) is 2. The molecule has 30 heavy (non-hydrogen) atoms. The van der Waals surface area contributed by atoms with Crippen molar-refractivity contribution < 1.29 is 18.7 Å². The van der Waals surface area contributed by atoms with E-state index in [9.17, 15) is 4.79 Å². The van der Waals surface area contributed by atoms with Gasteiger partial charge in [-0.05, 0) is 42.5 Å². The number of thiocarbonyl (C=S) groups is 1. The predicted octanol–water partition coefficient (Wildman–Crippen LogP) is 4.70. The lowest BCUT2D eigenvalue weighted by molar-refractivity contribution is 0.0953. The molecule has 0 aliphatic carbocycles. The third-order valence-corrected chi connectivity index (χ3v) is 5.24. The van der Waals surface area contributed by atoms with Crippen LogP contribution < -0.4 is 20.1 Å². The standard InChI is InChI=1S/C21H17N3O4S2/c1-26-16-8-7-12(9-17(16)27-2)14-11-30-21(22-14)24-20(29)23-19(25)18-10-13-5-3-4-6-15(13)28-18/h3-11H,1-2H3,(H2,22,23,24,25,29). The second kappa shape index (κ2) is 8.52. The highest BCUT2D eigenvalue weighted by atomic mass is 32.1. The van der Waals surface area contributed by atoms with Gasteiger partial charge in [0, 0.05) is 16.3 Å². The van der Waals surface area contributed by atoms with Crippen LogP contribution in [0.1, 0.15) is 10.6 Å².